The topological polar surface area (TPSA) is 96.5 Å². The Kier molecular flexibility index (Phi) is 10.6. The molecular formula is C34H33N3O4S. The molecule has 0 radical (unpaired) electrons. The number of benzene rings is 4. The van der Waals surface area contributed by atoms with Crippen LogP contribution in [0, 0.1) is 13.8 Å². The first-order chi connectivity index (χ1) is 20.3. The number of thioether (sulfide) groups is 1. The third-order valence-corrected chi connectivity index (χ3v) is 7.21. The number of aryl methyl sites for hydroxylation is 2. The van der Waals surface area contributed by atoms with Crippen LogP contribution in [0.1, 0.15) is 34.0 Å². The van der Waals surface area contributed by atoms with E-state index >= 15 is 0 Å². The number of ether oxygens (including phenoxy) is 1. The van der Waals surface area contributed by atoms with Crippen molar-refractivity contribution in [3.63, 3.8) is 0 Å². The van der Waals surface area contributed by atoms with Crippen molar-refractivity contribution in [1.29, 1.82) is 0 Å². The Morgan fingerprint density at radius 2 is 1.55 bits per heavy atom. The van der Waals surface area contributed by atoms with Gasteiger partial charge in [-0.05, 0) is 86.5 Å². The molecule has 3 N–H and O–H groups in total. The number of carbonyl (C=O) groups excluding carboxylic acids is 3. The number of hydrogen-bond acceptors (Lipinski definition) is 5. The summed E-state index contributed by atoms with van der Waals surface area (Å²) in [7, 11) is 0. The van der Waals surface area contributed by atoms with E-state index < -0.39 is 11.8 Å². The maximum atomic E-state index is 13.4. The highest BCUT2D eigenvalue weighted by Crippen LogP contribution is 2.24. The minimum Gasteiger partial charge on any atom is -0.493 e. The van der Waals surface area contributed by atoms with Crippen molar-refractivity contribution in [2.45, 2.75) is 25.7 Å². The maximum Gasteiger partial charge on any atom is 0.272 e. The van der Waals surface area contributed by atoms with E-state index in [1.165, 1.54) is 11.8 Å². The van der Waals surface area contributed by atoms with Gasteiger partial charge in [0.2, 0.25) is 5.91 Å². The molecule has 0 aliphatic carbocycles. The van der Waals surface area contributed by atoms with E-state index in [2.05, 4.69) is 16.0 Å². The van der Waals surface area contributed by atoms with E-state index in [9.17, 15) is 14.4 Å². The predicted octanol–water partition coefficient (Wildman–Crippen LogP) is 6.84. The van der Waals surface area contributed by atoms with Gasteiger partial charge < -0.3 is 20.7 Å². The van der Waals surface area contributed by atoms with Crippen molar-refractivity contribution in [3.05, 3.63) is 125 Å². The van der Waals surface area contributed by atoms with Crippen molar-refractivity contribution in [3.8, 4) is 5.75 Å². The van der Waals surface area contributed by atoms with Gasteiger partial charge in [0.15, 0.2) is 0 Å². The van der Waals surface area contributed by atoms with Crippen molar-refractivity contribution < 1.29 is 19.1 Å². The van der Waals surface area contributed by atoms with Crippen LogP contribution in [0.25, 0.3) is 6.08 Å². The maximum absolute atomic E-state index is 13.4. The zero-order valence-corrected chi connectivity index (χ0v) is 24.6. The summed E-state index contributed by atoms with van der Waals surface area (Å²) in [5.74, 6) is -0.142. The third-order valence-electron chi connectivity index (χ3n) is 6.20. The highest BCUT2D eigenvalue weighted by molar-refractivity contribution is 8.00. The highest BCUT2D eigenvalue weighted by atomic mass is 32.2. The van der Waals surface area contributed by atoms with Gasteiger partial charge in [0.1, 0.15) is 11.4 Å². The van der Waals surface area contributed by atoms with Crippen LogP contribution in [-0.2, 0) is 9.59 Å². The molecule has 214 valence electrons. The molecule has 0 aliphatic heterocycles. The van der Waals surface area contributed by atoms with Crippen LogP contribution >= 0.6 is 11.8 Å². The number of nitrogens with one attached hydrogen (secondary N) is 3. The van der Waals surface area contributed by atoms with E-state index in [-0.39, 0.29) is 17.4 Å². The molecule has 42 heavy (non-hydrogen) atoms. The molecule has 0 bridgehead atoms. The zero-order valence-electron chi connectivity index (χ0n) is 23.8. The van der Waals surface area contributed by atoms with Crippen LogP contribution in [-0.4, -0.2) is 30.1 Å². The van der Waals surface area contributed by atoms with Gasteiger partial charge in [0.05, 0.1) is 12.4 Å². The number of para-hydroxylation sites is 1. The molecule has 0 aliphatic rings. The van der Waals surface area contributed by atoms with Gasteiger partial charge >= 0.3 is 0 Å². The fraction of sp³-hybridized carbons (Fsp3) is 0.147. The average molecular weight is 580 g/mol. The minimum absolute atomic E-state index is 0.0672. The Hall–Kier alpha value is -4.82. The summed E-state index contributed by atoms with van der Waals surface area (Å²) in [6.07, 6.45) is 1.60. The first-order valence-electron chi connectivity index (χ1n) is 13.5. The first-order valence-corrected chi connectivity index (χ1v) is 14.5. The molecule has 7 nitrogen and oxygen atoms in total. The fourth-order valence-electron chi connectivity index (χ4n) is 4.02. The van der Waals surface area contributed by atoms with Crippen LogP contribution in [0.15, 0.2) is 108 Å². The lowest BCUT2D eigenvalue weighted by Gasteiger charge is -2.13. The molecule has 3 amide bonds. The number of carbonyl (C=O) groups is 3. The smallest absolute Gasteiger partial charge is 0.272 e. The first kappa shape index (κ1) is 30.1. The number of amides is 3. The lowest BCUT2D eigenvalue weighted by atomic mass is 10.1. The molecule has 0 aromatic heterocycles. The van der Waals surface area contributed by atoms with Gasteiger partial charge in [-0.15, -0.1) is 11.8 Å². The van der Waals surface area contributed by atoms with E-state index in [4.69, 9.17) is 4.74 Å². The normalized spacial score (nSPS) is 11.0. The van der Waals surface area contributed by atoms with Crippen LogP contribution in [0.4, 0.5) is 11.4 Å². The number of hydrogen-bond donors (Lipinski definition) is 3. The Bertz CT molecular complexity index is 1580. The lowest BCUT2D eigenvalue weighted by Crippen LogP contribution is -2.30. The summed E-state index contributed by atoms with van der Waals surface area (Å²) < 4.78 is 5.70. The molecule has 0 atom stereocenters. The van der Waals surface area contributed by atoms with Crippen LogP contribution in [0.5, 0.6) is 5.75 Å². The quantitative estimate of drug-likeness (QED) is 0.134. The number of anilines is 2. The monoisotopic (exact) mass is 579 g/mol. The van der Waals surface area contributed by atoms with Crippen LogP contribution in [0.2, 0.25) is 0 Å². The molecule has 8 heteroatoms. The Balaban J connectivity index is 1.44. The molecular weight excluding hydrogens is 546 g/mol. The largest absolute Gasteiger partial charge is 0.493 e. The van der Waals surface area contributed by atoms with Gasteiger partial charge in [-0.1, -0.05) is 48.5 Å². The summed E-state index contributed by atoms with van der Waals surface area (Å²) in [6.45, 7) is 6.28. The molecule has 0 heterocycles. The SMILES string of the molecule is CCOc1ccccc1/C=C(\NC(=O)c1ccccc1)C(=O)Nc1ccc(SCC(=O)Nc2cc(C)ccc2C)cc1. The van der Waals surface area contributed by atoms with Crippen molar-refractivity contribution in [1.82, 2.24) is 5.32 Å². The van der Waals surface area contributed by atoms with Crippen molar-refractivity contribution >= 4 is 46.9 Å². The van der Waals surface area contributed by atoms with Gasteiger partial charge in [0.25, 0.3) is 11.8 Å². The van der Waals surface area contributed by atoms with Gasteiger partial charge in [0, 0.05) is 27.4 Å². The molecule has 0 saturated carbocycles. The molecule has 4 aromatic carbocycles. The lowest BCUT2D eigenvalue weighted by molar-refractivity contribution is -0.114. The third kappa shape index (κ3) is 8.59. The second-order valence-corrected chi connectivity index (χ2v) is 10.5. The Labute approximate surface area is 250 Å². The summed E-state index contributed by atoms with van der Waals surface area (Å²) in [5.41, 5.74) is 4.60. The van der Waals surface area contributed by atoms with Crippen molar-refractivity contribution in [2.24, 2.45) is 0 Å². The summed E-state index contributed by atoms with van der Waals surface area (Å²) >= 11 is 1.40. The molecule has 0 spiro atoms. The predicted molar refractivity (Wildman–Crippen MR) is 170 cm³/mol. The molecule has 0 fully saturated rings. The Morgan fingerprint density at radius 3 is 2.29 bits per heavy atom. The molecule has 4 rings (SSSR count). The summed E-state index contributed by atoms with van der Waals surface area (Å²) in [4.78, 5) is 39.7. The second-order valence-electron chi connectivity index (χ2n) is 9.48. The molecule has 0 unspecified atom stereocenters. The zero-order chi connectivity index (χ0) is 29.9. The minimum atomic E-state index is -0.487. The van der Waals surface area contributed by atoms with E-state index in [1.807, 2.05) is 81.4 Å². The van der Waals surface area contributed by atoms with E-state index in [1.54, 1.807) is 42.5 Å². The molecule has 4 aromatic rings. The van der Waals surface area contributed by atoms with E-state index in [0.717, 1.165) is 21.7 Å². The van der Waals surface area contributed by atoms with Gasteiger partial charge in [-0.3, -0.25) is 14.4 Å². The van der Waals surface area contributed by atoms with Gasteiger partial charge in [-0.25, -0.2) is 0 Å². The summed E-state index contributed by atoms with van der Waals surface area (Å²) in [5, 5.41) is 8.57. The standard InChI is InChI=1S/C34H33N3O4S/c1-4-41-31-13-9-8-12-26(31)21-30(37-33(39)25-10-6-5-7-11-25)34(40)35-27-16-18-28(19-17-27)42-22-32(38)36-29-20-23(2)14-15-24(29)3/h5-21H,4,22H2,1-3H3,(H,35,40)(H,36,38)(H,37,39)/b30-21-. The average Bonchev–Trinajstić information content (AvgIpc) is 2.99. The number of rotatable bonds is 11. The Morgan fingerprint density at radius 1 is 0.833 bits per heavy atom. The summed E-state index contributed by atoms with van der Waals surface area (Å²) in [6, 6.07) is 29.1. The van der Waals surface area contributed by atoms with E-state index in [0.29, 0.717) is 29.2 Å². The van der Waals surface area contributed by atoms with Crippen LogP contribution in [0.3, 0.4) is 0 Å². The van der Waals surface area contributed by atoms with Crippen LogP contribution < -0.4 is 20.7 Å². The molecule has 0 saturated heterocycles. The highest BCUT2D eigenvalue weighted by Gasteiger charge is 2.16. The van der Waals surface area contributed by atoms with Gasteiger partial charge in [-0.2, -0.15) is 0 Å². The second kappa shape index (κ2) is 14.7. The van der Waals surface area contributed by atoms with Crippen molar-refractivity contribution in [2.75, 3.05) is 23.0 Å². The fourth-order valence-corrected chi connectivity index (χ4v) is 4.72.